The van der Waals surface area contributed by atoms with Crippen molar-refractivity contribution in [2.24, 2.45) is 0 Å². The molecule has 30 heavy (non-hydrogen) atoms. The smallest absolute Gasteiger partial charge is 0.295 e. The SMILES string of the molecule is COc1ccc(/C(O)=C2\C(=O)C(=O)N(CC3CCCO3)C2c2ccc(O)cc2)cc1. The number of nitrogens with zero attached hydrogens (tertiary/aromatic N) is 1. The van der Waals surface area contributed by atoms with Gasteiger partial charge in [0.1, 0.15) is 17.3 Å². The van der Waals surface area contributed by atoms with Crippen LogP contribution in [0.2, 0.25) is 0 Å². The van der Waals surface area contributed by atoms with Gasteiger partial charge in [-0.25, -0.2) is 0 Å². The second-order valence-electron chi connectivity index (χ2n) is 7.41. The van der Waals surface area contributed by atoms with Gasteiger partial charge in [0, 0.05) is 18.7 Å². The molecule has 1 amide bonds. The lowest BCUT2D eigenvalue weighted by molar-refractivity contribution is -0.140. The summed E-state index contributed by atoms with van der Waals surface area (Å²) in [6, 6.07) is 12.1. The highest BCUT2D eigenvalue weighted by Crippen LogP contribution is 2.40. The van der Waals surface area contributed by atoms with Crippen LogP contribution in [0.15, 0.2) is 54.1 Å². The summed E-state index contributed by atoms with van der Waals surface area (Å²) in [6.45, 7) is 0.889. The highest BCUT2D eigenvalue weighted by Gasteiger charge is 2.47. The molecule has 2 aliphatic heterocycles. The number of hydrogen-bond acceptors (Lipinski definition) is 6. The standard InChI is InChI=1S/C23H23NO6/c1-29-17-10-6-15(7-11-17)21(26)19-20(14-4-8-16(25)9-5-14)24(23(28)22(19)27)13-18-3-2-12-30-18/h4-11,18,20,25-26H,2-3,12-13H2,1H3/b21-19+. The topological polar surface area (TPSA) is 96.3 Å². The van der Waals surface area contributed by atoms with Crippen LogP contribution >= 0.6 is 0 Å². The van der Waals surface area contributed by atoms with Crippen LogP contribution in [0, 0.1) is 0 Å². The molecule has 2 N–H and O–H groups in total. The molecular formula is C23H23NO6. The Bertz CT molecular complexity index is 974. The minimum atomic E-state index is -0.767. The van der Waals surface area contributed by atoms with E-state index < -0.39 is 17.7 Å². The van der Waals surface area contributed by atoms with Gasteiger partial charge in [-0.05, 0) is 54.8 Å². The van der Waals surface area contributed by atoms with Crippen LogP contribution in [0.1, 0.15) is 30.0 Å². The Balaban J connectivity index is 1.80. The molecule has 0 radical (unpaired) electrons. The molecule has 0 saturated carbocycles. The van der Waals surface area contributed by atoms with Gasteiger partial charge in [0.25, 0.3) is 11.7 Å². The number of phenols is 1. The molecule has 2 saturated heterocycles. The highest BCUT2D eigenvalue weighted by molar-refractivity contribution is 6.46. The second kappa shape index (κ2) is 8.20. The number of phenolic OH excluding ortho intramolecular Hbond substituents is 1. The third-order valence-corrected chi connectivity index (χ3v) is 5.54. The fourth-order valence-corrected chi connectivity index (χ4v) is 3.98. The maximum atomic E-state index is 13.0. The van der Waals surface area contributed by atoms with Crippen LogP contribution in [-0.2, 0) is 14.3 Å². The van der Waals surface area contributed by atoms with Crippen LogP contribution in [0.4, 0.5) is 0 Å². The number of ether oxygens (including phenoxy) is 2. The molecule has 2 aromatic carbocycles. The molecule has 0 aromatic heterocycles. The van der Waals surface area contributed by atoms with E-state index in [1.807, 2.05) is 0 Å². The molecule has 156 valence electrons. The molecule has 0 bridgehead atoms. The Morgan fingerprint density at radius 3 is 2.43 bits per heavy atom. The Kier molecular flexibility index (Phi) is 5.46. The number of aliphatic hydroxyl groups is 1. The molecule has 2 aromatic rings. The fraction of sp³-hybridized carbons (Fsp3) is 0.304. The molecule has 2 fully saturated rings. The summed E-state index contributed by atoms with van der Waals surface area (Å²) in [4.78, 5) is 27.3. The van der Waals surface area contributed by atoms with Crippen molar-refractivity contribution in [2.75, 3.05) is 20.3 Å². The van der Waals surface area contributed by atoms with Gasteiger partial charge in [0.15, 0.2) is 0 Å². The number of aliphatic hydroxyl groups excluding tert-OH is 1. The molecule has 2 aliphatic rings. The monoisotopic (exact) mass is 409 g/mol. The van der Waals surface area contributed by atoms with Gasteiger partial charge in [-0.3, -0.25) is 9.59 Å². The van der Waals surface area contributed by atoms with Crippen LogP contribution in [0.25, 0.3) is 5.76 Å². The lowest BCUT2D eigenvalue weighted by Crippen LogP contribution is -2.36. The van der Waals surface area contributed by atoms with Crippen LogP contribution in [0.5, 0.6) is 11.5 Å². The number of rotatable bonds is 5. The maximum absolute atomic E-state index is 13.0. The first-order valence-corrected chi connectivity index (χ1v) is 9.83. The summed E-state index contributed by atoms with van der Waals surface area (Å²) in [7, 11) is 1.54. The van der Waals surface area contributed by atoms with E-state index in [9.17, 15) is 19.8 Å². The average Bonchev–Trinajstić information content (AvgIpc) is 3.36. The molecule has 0 aliphatic carbocycles. The number of ketones is 1. The number of aromatic hydroxyl groups is 1. The third kappa shape index (κ3) is 3.64. The quantitative estimate of drug-likeness (QED) is 0.448. The van der Waals surface area contributed by atoms with Crippen molar-refractivity contribution in [2.45, 2.75) is 25.0 Å². The largest absolute Gasteiger partial charge is 0.508 e. The first-order valence-electron chi connectivity index (χ1n) is 9.83. The summed E-state index contributed by atoms with van der Waals surface area (Å²) in [5.74, 6) is -0.965. The number of carbonyl (C=O) groups excluding carboxylic acids is 2. The Labute approximate surface area is 174 Å². The normalized spacial score (nSPS) is 23.2. The van der Waals surface area contributed by atoms with Crippen molar-refractivity contribution >= 4 is 17.4 Å². The number of hydrogen-bond donors (Lipinski definition) is 2. The van der Waals surface area contributed by atoms with E-state index in [-0.39, 0.29) is 29.7 Å². The van der Waals surface area contributed by atoms with Crippen LogP contribution in [-0.4, -0.2) is 53.2 Å². The van der Waals surface area contributed by atoms with Crippen molar-refractivity contribution in [3.05, 3.63) is 65.2 Å². The van der Waals surface area contributed by atoms with Crippen LogP contribution in [0.3, 0.4) is 0 Å². The summed E-state index contributed by atoms with van der Waals surface area (Å²) in [5.41, 5.74) is 1.06. The predicted molar refractivity (Wildman–Crippen MR) is 109 cm³/mol. The number of carbonyl (C=O) groups is 2. The lowest BCUT2D eigenvalue weighted by atomic mass is 9.95. The van der Waals surface area contributed by atoms with E-state index in [1.165, 1.54) is 24.1 Å². The van der Waals surface area contributed by atoms with Crippen molar-refractivity contribution in [3.63, 3.8) is 0 Å². The minimum absolute atomic E-state index is 0.0221. The minimum Gasteiger partial charge on any atom is -0.508 e. The summed E-state index contributed by atoms with van der Waals surface area (Å²) < 4.78 is 10.8. The second-order valence-corrected chi connectivity index (χ2v) is 7.41. The molecular weight excluding hydrogens is 386 g/mol. The lowest BCUT2D eigenvalue weighted by Gasteiger charge is -2.27. The first-order chi connectivity index (χ1) is 14.5. The first kappa shape index (κ1) is 20.0. The van der Waals surface area contributed by atoms with Gasteiger partial charge in [-0.15, -0.1) is 0 Å². The molecule has 4 rings (SSSR count). The number of Topliss-reactive ketones (excluding diaryl/α,β-unsaturated/α-hetero) is 1. The molecule has 2 unspecified atom stereocenters. The van der Waals surface area contributed by atoms with E-state index >= 15 is 0 Å². The highest BCUT2D eigenvalue weighted by atomic mass is 16.5. The molecule has 0 spiro atoms. The summed E-state index contributed by atoms with van der Waals surface area (Å²) in [5, 5.41) is 20.7. The Morgan fingerprint density at radius 2 is 1.83 bits per heavy atom. The molecule has 7 nitrogen and oxygen atoms in total. The maximum Gasteiger partial charge on any atom is 0.295 e. The van der Waals surface area contributed by atoms with Gasteiger partial charge in [0.2, 0.25) is 0 Å². The zero-order valence-corrected chi connectivity index (χ0v) is 16.6. The van der Waals surface area contributed by atoms with Gasteiger partial charge in [0.05, 0.1) is 24.8 Å². The van der Waals surface area contributed by atoms with Gasteiger partial charge in [-0.2, -0.15) is 0 Å². The number of likely N-dealkylation sites (tertiary alicyclic amines) is 1. The zero-order chi connectivity index (χ0) is 21.3. The van der Waals surface area contributed by atoms with E-state index in [0.717, 1.165) is 12.8 Å². The van der Waals surface area contributed by atoms with Crippen molar-refractivity contribution in [1.29, 1.82) is 0 Å². The fourth-order valence-electron chi connectivity index (χ4n) is 3.98. The van der Waals surface area contributed by atoms with Gasteiger partial charge >= 0.3 is 0 Å². The van der Waals surface area contributed by atoms with Gasteiger partial charge in [-0.1, -0.05) is 12.1 Å². The Hall–Kier alpha value is -3.32. The van der Waals surface area contributed by atoms with Crippen molar-refractivity contribution in [1.82, 2.24) is 4.90 Å². The Morgan fingerprint density at radius 1 is 1.13 bits per heavy atom. The zero-order valence-electron chi connectivity index (χ0n) is 16.6. The predicted octanol–water partition coefficient (Wildman–Crippen LogP) is 3.00. The van der Waals surface area contributed by atoms with E-state index in [2.05, 4.69) is 0 Å². The summed E-state index contributed by atoms with van der Waals surface area (Å²) in [6.07, 6.45) is 1.57. The molecule has 2 atom stereocenters. The van der Waals surface area contributed by atoms with E-state index in [1.54, 1.807) is 36.4 Å². The molecule has 7 heteroatoms. The average molecular weight is 409 g/mol. The molecule has 2 heterocycles. The van der Waals surface area contributed by atoms with Crippen molar-refractivity contribution < 1.29 is 29.3 Å². The van der Waals surface area contributed by atoms with E-state index in [4.69, 9.17) is 9.47 Å². The van der Waals surface area contributed by atoms with E-state index in [0.29, 0.717) is 23.5 Å². The van der Waals surface area contributed by atoms with Crippen molar-refractivity contribution in [3.8, 4) is 11.5 Å². The van der Waals surface area contributed by atoms with Crippen LogP contribution < -0.4 is 4.74 Å². The third-order valence-electron chi connectivity index (χ3n) is 5.54. The number of methoxy groups -OCH3 is 1. The number of amides is 1. The number of benzene rings is 2. The summed E-state index contributed by atoms with van der Waals surface area (Å²) >= 11 is 0. The van der Waals surface area contributed by atoms with Gasteiger partial charge < -0.3 is 24.6 Å².